The number of allylic oxidation sites excluding steroid dienone is 1. The van der Waals surface area contributed by atoms with Crippen LogP contribution in [0.25, 0.3) is 0 Å². The van der Waals surface area contributed by atoms with E-state index in [4.69, 9.17) is 15.2 Å². The summed E-state index contributed by atoms with van der Waals surface area (Å²) >= 11 is 0. The van der Waals surface area contributed by atoms with Crippen LogP contribution in [0.2, 0.25) is 0 Å². The molecule has 3 N–H and O–H groups in total. The lowest BCUT2D eigenvalue weighted by molar-refractivity contribution is 0.174. The van der Waals surface area contributed by atoms with Gasteiger partial charge in [0.05, 0.1) is 0 Å². The minimum atomic E-state index is -1.19. The van der Waals surface area contributed by atoms with Gasteiger partial charge in [-0.1, -0.05) is 11.6 Å². The second-order valence-corrected chi connectivity index (χ2v) is 6.78. The summed E-state index contributed by atoms with van der Waals surface area (Å²) in [5.41, 5.74) is 8.31. The maximum Gasteiger partial charge on any atom is 0.231 e. The van der Waals surface area contributed by atoms with Gasteiger partial charge < -0.3 is 20.5 Å². The van der Waals surface area contributed by atoms with E-state index >= 15 is 0 Å². The first-order chi connectivity index (χ1) is 13.0. The first-order valence-corrected chi connectivity index (χ1v) is 8.72. The largest absolute Gasteiger partial charge is 0.454 e. The lowest BCUT2D eigenvalue weighted by Gasteiger charge is -2.29. The summed E-state index contributed by atoms with van der Waals surface area (Å²) in [7, 11) is 0. The van der Waals surface area contributed by atoms with E-state index in [9.17, 15) is 13.2 Å². The number of rotatable bonds is 4. The molecule has 0 radical (unpaired) electrons. The summed E-state index contributed by atoms with van der Waals surface area (Å²) in [6.07, 6.45) is 3.00. The molecular formula is C20H19F3N2O2. The second-order valence-electron chi connectivity index (χ2n) is 6.78. The highest BCUT2D eigenvalue weighted by atomic mass is 19.2. The van der Waals surface area contributed by atoms with E-state index in [0.717, 1.165) is 23.1 Å². The van der Waals surface area contributed by atoms with Gasteiger partial charge in [0.25, 0.3) is 0 Å². The monoisotopic (exact) mass is 376 g/mol. The number of benzene rings is 2. The second kappa shape index (κ2) is 7.15. The molecule has 2 aliphatic rings. The number of anilines is 1. The fourth-order valence-electron chi connectivity index (χ4n) is 3.54. The van der Waals surface area contributed by atoms with E-state index in [-0.39, 0.29) is 24.3 Å². The Morgan fingerprint density at radius 1 is 1.00 bits per heavy atom. The van der Waals surface area contributed by atoms with Gasteiger partial charge in [-0.15, -0.1) is 0 Å². The molecule has 0 amide bonds. The summed E-state index contributed by atoms with van der Waals surface area (Å²) in [6.45, 7) is 0.807. The number of halogens is 3. The van der Waals surface area contributed by atoms with E-state index < -0.39 is 17.5 Å². The lowest BCUT2D eigenvalue weighted by atomic mass is 9.80. The van der Waals surface area contributed by atoms with E-state index in [1.54, 1.807) is 0 Å². The van der Waals surface area contributed by atoms with Crippen molar-refractivity contribution in [2.45, 2.75) is 24.8 Å². The molecule has 142 valence electrons. The smallest absolute Gasteiger partial charge is 0.231 e. The number of nitrogens with two attached hydrogens (primary N) is 1. The van der Waals surface area contributed by atoms with Gasteiger partial charge in [-0.25, -0.2) is 13.2 Å². The molecule has 0 saturated heterocycles. The molecule has 4 nitrogen and oxygen atoms in total. The average Bonchev–Trinajstić information content (AvgIpc) is 3.11. The zero-order valence-corrected chi connectivity index (χ0v) is 14.5. The third-order valence-corrected chi connectivity index (χ3v) is 5.01. The molecule has 2 atom stereocenters. The van der Waals surface area contributed by atoms with E-state index in [2.05, 4.69) is 5.32 Å². The third kappa shape index (κ3) is 3.60. The molecule has 2 aromatic carbocycles. The van der Waals surface area contributed by atoms with Crippen LogP contribution >= 0.6 is 0 Å². The Kier molecular flexibility index (Phi) is 4.70. The molecule has 4 rings (SSSR count). The molecule has 1 aliphatic carbocycles. The van der Waals surface area contributed by atoms with Crippen molar-refractivity contribution in [1.82, 2.24) is 0 Å². The van der Waals surface area contributed by atoms with Crippen LogP contribution in [0.15, 0.2) is 42.0 Å². The molecule has 1 aliphatic heterocycles. The standard InChI is InChI=1S/C20H19F3N2O2/c21-15-8-17(23)16(22)7-14(15)13-3-1-11(5-18(13)24)9-25-12-2-4-19-20(6-12)27-10-26-19/h1-2,4,6-8,13,18,25H,3,5,9-10,24H2/t13-,18+/m0/s1. The van der Waals surface area contributed by atoms with Crippen molar-refractivity contribution in [2.24, 2.45) is 5.73 Å². The Morgan fingerprint density at radius 3 is 2.59 bits per heavy atom. The number of nitrogens with one attached hydrogen (secondary N) is 1. The Balaban J connectivity index is 1.43. The summed E-state index contributed by atoms with van der Waals surface area (Å²) in [5.74, 6) is -1.97. The quantitative estimate of drug-likeness (QED) is 0.624. The summed E-state index contributed by atoms with van der Waals surface area (Å²) in [6, 6.07) is 6.73. The Bertz CT molecular complexity index is 901. The fourth-order valence-corrected chi connectivity index (χ4v) is 3.54. The Labute approximate surface area is 154 Å². The van der Waals surface area contributed by atoms with Crippen LogP contribution in [0.5, 0.6) is 11.5 Å². The molecule has 0 bridgehead atoms. The van der Waals surface area contributed by atoms with Crippen LogP contribution in [0.1, 0.15) is 24.3 Å². The zero-order chi connectivity index (χ0) is 19.0. The molecule has 0 fully saturated rings. The van der Waals surface area contributed by atoms with Crippen molar-refractivity contribution in [2.75, 3.05) is 18.7 Å². The van der Waals surface area contributed by atoms with Crippen LogP contribution in [0.3, 0.4) is 0 Å². The van der Waals surface area contributed by atoms with Crippen molar-refractivity contribution in [3.63, 3.8) is 0 Å². The summed E-state index contributed by atoms with van der Waals surface area (Å²) in [5, 5.41) is 3.30. The van der Waals surface area contributed by atoms with Crippen molar-refractivity contribution < 1.29 is 22.6 Å². The zero-order valence-electron chi connectivity index (χ0n) is 14.5. The maximum absolute atomic E-state index is 14.0. The van der Waals surface area contributed by atoms with Crippen LogP contribution in [0.4, 0.5) is 18.9 Å². The van der Waals surface area contributed by atoms with Gasteiger partial charge in [0.2, 0.25) is 6.79 Å². The fraction of sp³-hybridized carbons (Fsp3) is 0.300. The van der Waals surface area contributed by atoms with Crippen molar-refractivity contribution in [3.8, 4) is 11.5 Å². The summed E-state index contributed by atoms with van der Waals surface area (Å²) in [4.78, 5) is 0. The first-order valence-electron chi connectivity index (χ1n) is 8.72. The highest BCUT2D eigenvalue weighted by molar-refractivity contribution is 5.56. The van der Waals surface area contributed by atoms with Crippen molar-refractivity contribution in [1.29, 1.82) is 0 Å². The average molecular weight is 376 g/mol. The predicted molar refractivity (Wildman–Crippen MR) is 95.4 cm³/mol. The lowest BCUT2D eigenvalue weighted by Crippen LogP contribution is -2.33. The van der Waals surface area contributed by atoms with Crippen LogP contribution < -0.4 is 20.5 Å². The van der Waals surface area contributed by atoms with Gasteiger partial charge >= 0.3 is 0 Å². The van der Waals surface area contributed by atoms with Gasteiger partial charge in [-0.3, -0.25) is 0 Å². The number of fused-ring (bicyclic) bond motifs is 1. The topological polar surface area (TPSA) is 56.5 Å². The molecule has 0 unspecified atom stereocenters. The molecular weight excluding hydrogens is 357 g/mol. The minimum absolute atomic E-state index is 0.125. The van der Waals surface area contributed by atoms with E-state index in [1.165, 1.54) is 0 Å². The number of hydrogen-bond acceptors (Lipinski definition) is 4. The predicted octanol–water partition coefficient (Wildman–Crippen LogP) is 4.08. The minimum Gasteiger partial charge on any atom is -0.454 e. The molecule has 0 spiro atoms. The highest BCUT2D eigenvalue weighted by Gasteiger charge is 2.27. The van der Waals surface area contributed by atoms with Gasteiger partial charge in [0.1, 0.15) is 5.82 Å². The molecule has 0 saturated carbocycles. The maximum atomic E-state index is 14.0. The number of hydrogen-bond donors (Lipinski definition) is 2. The molecule has 7 heteroatoms. The van der Waals surface area contributed by atoms with E-state index in [0.29, 0.717) is 31.2 Å². The normalized spacial score (nSPS) is 21.1. The van der Waals surface area contributed by atoms with Gasteiger partial charge in [-0.05, 0) is 36.6 Å². The first kappa shape index (κ1) is 17.7. The summed E-state index contributed by atoms with van der Waals surface area (Å²) < 4.78 is 51.3. The Morgan fingerprint density at radius 2 is 1.78 bits per heavy atom. The third-order valence-electron chi connectivity index (χ3n) is 5.01. The van der Waals surface area contributed by atoms with Gasteiger partial charge in [-0.2, -0.15) is 0 Å². The van der Waals surface area contributed by atoms with Crippen LogP contribution in [-0.4, -0.2) is 19.4 Å². The van der Waals surface area contributed by atoms with Crippen molar-refractivity contribution >= 4 is 5.69 Å². The number of ether oxygens (including phenoxy) is 2. The molecule has 27 heavy (non-hydrogen) atoms. The highest BCUT2D eigenvalue weighted by Crippen LogP contribution is 2.36. The SMILES string of the molecule is N[C@@H]1CC(CNc2ccc3c(c2)OCO3)=CC[C@H]1c1cc(F)c(F)cc1F. The van der Waals surface area contributed by atoms with Crippen LogP contribution in [-0.2, 0) is 0 Å². The van der Waals surface area contributed by atoms with Crippen molar-refractivity contribution in [3.05, 3.63) is 65.0 Å². The molecule has 2 aromatic rings. The van der Waals surface area contributed by atoms with Gasteiger partial charge in [0.15, 0.2) is 23.1 Å². The van der Waals surface area contributed by atoms with E-state index in [1.807, 2.05) is 24.3 Å². The molecule has 0 aromatic heterocycles. The molecule has 1 heterocycles. The van der Waals surface area contributed by atoms with Gasteiger partial charge in [0, 0.05) is 36.3 Å². The van der Waals surface area contributed by atoms with Crippen LogP contribution in [0, 0.1) is 17.5 Å². The Hall–Kier alpha value is -2.67.